The molecule has 0 atom stereocenters. The largest absolute Gasteiger partial charge is 0.360 e. The SMILES string of the molecule is CCc1nc(-c2ccc(N3CCN(C(=O)C(=O)c4c[nH]c5ccccc45)CC3)nc2)no1. The topological polar surface area (TPSA) is 108 Å². The summed E-state index contributed by atoms with van der Waals surface area (Å²) in [6, 6.07) is 11.3. The van der Waals surface area contributed by atoms with Crippen molar-refractivity contribution in [3.8, 4) is 11.4 Å². The molecule has 0 aliphatic carbocycles. The molecule has 0 saturated carbocycles. The molecule has 1 saturated heterocycles. The first-order valence-corrected chi connectivity index (χ1v) is 10.6. The Morgan fingerprint density at radius 3 is 2.62 bits per heavy atom. The van der Waals surface area contributed by atoms with Gasteiger partial charge in [-0.05, 0) is 18.2 Å². The number of carbonyl (C=O) groups excluding carboxylic acids is 2. The van der Waals surface area contributed by atoms with Gasteiger partial charge in [0.15, 0.2) is 0 Å². The van der Waals surface area contributed by atoms with Gasteiger partial charge >= 0.3 is 0 Å². The number of aromatic nitrogens is 4. The third-order valence-corrected chi connectivity index (χ3v) is 5.70. The second-order valence-corrected chi connectivity index (χ2v) is 7.63. The highest BCUT2D eigenvalue weighted by molar-refractivity contribution is 6.44. The van der Waals surface area contributed by atoms with Crippen molar-refractivity contribution in [3.05, 3.63) is 60.2 Å². The van der Waals surface area contributed by atoms with Crippen molar-refractivity contribution < 1.29 is 14.1 Å². The number of aromatic amines is 1. The number of anilines is 1. The molecule has 1 aliphatic heterocycles. The fourth-order valence-electron chi connectivity index (χ4n) is 3.88. The van der Waals surface area contributed by atoms with E-state index < -0.39 is 11.7 Å². The highest BCUT2D eigenvalue weighted by atomic mass is 16.5. The van der Waals surface area contributed by atoms with E-state index in [1.807, 2.05) is 43.3 Å². The Morgan fingerprint density at radius 2 is 1.91 bits per heavy atom. The summed E-state index contributed by atoms with van der Waals surface area (Å²) in [5.74, 6) is 0.966. The normalized spacial score (nSPS) is 14.2. The van der Waals surface area contributed by atoms with E-state index in [0.29, 0.717) is 49.9 Å². The van der Waals surface area contributed by atoms with Crippen LogP contribution in [0.2, 0.25) is 0 Å². The number of piperazine rings is 1. The highest BCUT2D eigenvalue weighted by Crippen LogP contribution is 2.21. The van der Waals surface area contributed by atoms with Gasteiger partial charge in [-0.3, -0.25) is 9.59 Å². The van der Waals surface area contributed by atoms with Gasteiger partial charge in [-0.25, -0.2) is 4.98 Å². The van der Waals surface area contributed by atoms with E-state index >= 15 is 0 Å². The number of para-hydroxylation sites is 1. The first-order valence-electron chi connectivity index (χ1n) is 10.6. The zero-order valence-corrected chi connectivity index (χ0v) is 17.6. The Hall–Kier alpha value is -4.01. The van der Waals surface area contributed by atoms with E-state index in [1.165, 1.54) is 0 Å². The molecule has 4 heterocycles. The molecule has 9 nitrogen and oxygen atoms in total. The Kier molecular flexibility index (Phi) is 5.14. The molecule has 32 heavy (non-hydrogen) atoms. The van der Waals surface area contributed by atoms with E-state index in [-0.39, 0.29) is 0 Å². The zero-order chi connectivity index (χ0) is 22.1. The summed E-state index contributed by atoms with van der Waals surface area (Å²) in [6.07, 6.45) is 4.02. The lowest BCUT2D eigenvalue weighted by atomic mass is 10.1. The molecule has 1 aliphatic rings. The number of carbonyl (C=O) groups is 2. The van der Waals surface area contributed by atoms with Crippen molar-refractivity contribution in [1.29, 1.82) is 0 Å². The molecule has 9 heteroatoms. The number of ketones is 1. The fourth-order valence-corrected chi connectivity index (χ4v) is 3.88. The first kappa shape index (κ1) is 19.9. The van der Waals surface area contributed by atoms with Crippen LogP contribution in [0, 0.1) is 0 Å². The minimum absolute atomic E-state index is 0.415. The molecule has 1 fully saturated rings. The maximum Gasteiger partial charge on any atom is 0.295 e. The van der Waals surface area contributed by atoms with Crippen LogP contribution in [0.5, 0.6) is 0 Å². The summed E-state index contributed by atoms with van der Waals surface area (Å²) < 4.78 is 5.15. The summed E-state index contributed by atoms with van der Waals surface area (Å²) >= 11 is 0. The smallest absolute Gasteiger partial charge is 0.295 e. The third-order valence-electron chi connectivity index (χ3n) is 5.70. The zero-order valence-electron chi connectivity index (χ0n) is 17.6. The van der Waals surface area contributed by atoms with Gasteiger partial charge in [0.1, 0.15) is 5.82 Å². The van der Waals surface area contributed by atoms with Gasteiger partial charge in [0, 0.05) is 61.5 Å². The number of Topliss-reactive ketones (excluding diaryl/α,β-unsaturated/α-hetero) is 1. The number of pyridine rings is 1. The Bertz CT molecular complexity index is 1270. The lowest BCUT2D eigenvalue weighted by Gasteiger charge is -2.35. The van der Waals surface area contributed by atoms with Crippen LogP contribution in [-0.4, -0.2) is 62.9 Å². The predicted molar refractivity (Wildman–Crippen MR) is 118 cm³/mol. The number of aryl methyl sites for hydroxylation is 1. The molecular weight excluding hydrogens is 408 g/mol. The van der Waals surface area contributed by atoms with Crippen LogP contribution in [-0.2, 0) is 11.2 Å². The maximum absolute atomic E-state index is 12.8. The molecule has 1 N–H and O–H groups in total. The Labute approximate surface area is 184 Å². The van der Waals surface area contributed by atoms with Crippen LogP contribution in [0.3, 0.4) is 0 Å². The van der Waals surface area contributed by atoms with Gasteiger partial charge < -0.3 is 19.3 Å². The number of hydrogen-bond donors (Lipinski definition) is 1. The standard InChI is InChI=1S/C23H22N6O3/c1-2-20-26-22(27-32-20)15-7-8-19(25-13-15)28-9-11-29(12-10-28)23(31)21(30)17-14-24-18-6-4-3-5-16(17)18/h3-8,13-14,24H,2,9-12H2,1H3. The van der Waals surface area contributed by atoms with E-state index in [1.54, 1.807) is 17.3 Å². The number of rotatable bonds is 5. The quantitative estimate of drug-likeness (QED) is 0.383. The molecule has 0 unspecified atom stereocenters. The second kappa shape index (κ2) is 8.26. The van der Waals surface area contributed by atoms with E-state index in [2.05, 4.69) is 25.0 Å². The second-order valence-electron chi connectivity index (χ2n) is 7.63. The van der Waals surface area contributed by atoms with E-state index in [9.17, 15) is 9.59 Å². The average Bonchev–Trinajstić information content (AvgIpc) is 3.51. The van der Waals surface area contributed by atoms with Gasteiger partial charge in [-0.1, -0.05) is 30.3 Å². The van der Waals surface area contributed by atoms with Crippen LogP contribution in [0.25, 0.3) is 22.3 Å². The summed E-state index contributed by atoms with van der Waals surface area (Å²) in [4.78, 5) is 41.2. The summed E-state index contributed by atoms with van der Waals surface area (Å²) in [5, 5.41) is 4.73. The number of amides is 1. The van der Waals surface area contributed by atoms with Gasteiger partial charge in [-0.15, -0.1) is 0 Å². The van der Waals surface area contributed by atoms with Crippen molar-refractivity contribution in [2.45, 2.75) is 13.3 Å². The highest BCUT2D eigenvalue weighted by Gasteiger charge is 2.28. The van der Waals surface area contributed by atoms with Gasteiger partial charge in [0.2, 0.25) is 11.7 Å². The van der Waals surface area contributed by atoms with Crippen LogP contribution < -0.4 is 4.90 Å². The van der Waals surface area contributed by atoms with Crippen molar-refractivity contribution >= 4 is 28.4 Å². The third kappa shape index (κ3) is 3.62. The first-order chi connectivity index (χ1) is 15.6. The number of nitrogens with zero attached hydrogens (tertiary/aromatic N) is 5. The molecule has 0 radical (unpaired) electrons. The van der Waals surface area contributed by atoms with Crippen molar-refractivity contribution in [1.82, 2.24) is 25.0 Å². The Balaban J connectivity index is 1.23. The molecule has 3 aromatic heterocycles. The van der Waals surface area contributed by atoms with Crippen molar-refractivity contribution in [2.24, 2.45) is 0 Å². The molecule has 1 aromatic carbocycles. The lowest BCUT2D eigenvalue weighted by molar-refractivity contribution is -0.126. The molecule has 0 bridgehead atoms. The van der Waals surface area contributed by atoms with E-state index in [0.717, 1.165) is 22.3 Å². The van der Waals surface area contributed by atoms with Gasteiger partial charge in [0.05, 0.1) is 5.56 Å². The van der Waals surface area contributed by atoms with Gasteiger partial charge in [0.25, 0.3) is 11.7 Å². The predicted octanol–water partition coefficient (Wildman–Crippen LogP) is 2.71. The summed E-state index contributed by atoms with van der Waals surface area (Å²) in [6.45, 7) is 4.07. The number of H-pyrrole nitrogens is 1. The number of fused-ring (bicyclic) bond motifs is 1. The van der Waals surface area contributed by atoms with Crippen LogP contribution in [0.15, 0.2) is 53.3 Å². The van der Waals surface area contributed by atoms with Crippen LogP contribution in [0.1, 0.15) is 23.2 Å². The van der Waals surface area contributed by atoms with Gasteiger partial charge in [-0.2, -0.15) is 4.98 Å². The lowest BCUT2D eigenvalue weighted by Crippen LogP contribution is -2.50. The summed E-state index contributed by atoms with van der Waals surface area (Å²) in [7, 11) is 0. The molecular formula is C23H22N6O3. The van der Waals surface area contributed by atoms with E-state index in [4.69, 9.17) is 4.52 Å². The minimum Gasteiger partial charge on any atom is -0.360 e. The number of benzene rings is 1. The minimum atomic E-state index is -0.482. The Morgan fingerprint density at radius 1 is 1.09 bits per heavy atom. The van der Waals surface area contributed by atoms with Crippen molar-refractivity contribution in [3.63, 3.8) is 0 Å². The fraction of sp³-hybridized carbons (Fsp3) is 0.261. The molecule has 0 spiro atoms. The van der Waals surface area contributed by atoms with Crippen LogP contribution >= 0.6 is 0 Å². The molecule has 162 valence electrons. The molecule has 5 rings (SSSR count). The van der Waals surface area contributed by atoms with Crippen molar-refractivity contribution in [2.75, 3.05) is 31.1 Å². The monoisotopic (exact) mass is 430 g/mol. The molecule has 1 amide bonds. The molecule has 4 aromatic rings. The average molecular weight is 430 g/mol. The number of nitrogens with one attached hydrogen (secondary N) is 1. The summed E-state index contributed by atoms with van der Waals surface area (Å²) in [5.41, 5.74) is 2.04. The van der Waals surface area contributed by atoms with Crippen LogP contribution in [0.4, 0.5) is 5.82 Å². The number of hydrogen-bond acceptors (Lipinski definition) is 7. The maximum atomic E-state index is 12.8.